The molecule has 1 aromatic carbocycles. The Labute approximate surface area is 93.2 Å². The molecule has 1 aliphatic carbocycles. The summed E-state index contributed by atoms with van der Waals surface area (Å²) in [7, 11) is 1.47. The van der Waals surface area contributed by atoms with E-state index < -0.39 is 11.4 Å². The minimum atomic E-state index is -0.470. The van der Waals surface area contributed by atoms with Crippen molar-refractivity contribution in [3.63, 3.8) is 0 Å². The van der Waals surface area contributed by atoms with E-state index in [-0.39, 0.29) is 5.02 Å². The van der Waals surface area contributed by atoms with Crippen LogP contribution in [0.4, 0.5) is 4.39 Å². The monoisotopic (exact) mass is 229 g/mol. The van der Waals surface area contributed by atoms with Crippen LogP contribution in [-0.2, 0) is 5.54 Å². The highest BCUT2D eigenvalue weighted by molar-refractivity contribution is 6.32. The molecule has 1 fully saturated rings. The third-order valence-corrected chi connectivity index (χ3v) is 3.40. The van der Waals surface area contributed by atoms with Crippen LogP contribution >= 0.6 is 11.6 Å². The molecule has 0 radical (unpaired) electrons. The van der Waals surface area contributed by atoms with Crippen molar-refractivity contribution < 1.29 is 9.13 Å². The second-order valence-corrected chi connectivity index (χ2v) is 4.36. The standard InChI is InChI=1S/C11H13ClFNO/c1-15-9-6-7(5-8(13)10(9)12)11(14)3-2-4-11/h5-6H,2-4,14H2,1H3. The van der Waals surface area contributed by atoms with Gasteiger partial charge in [0.05, 0.1) is 7.11 Å². The number of methoxy groups -OCH3 is 1. The topological polar surface area (TPSA) is 35.2 Å². The van der Waals surface area contributed by atoms with Crippen LogP contribution in [0.25, 0.3) is 0 Å². The summed E-state index contributed by atoms with van der Waals surface area (Å²) >= 11 is 5.74. The summed E-state index contributed by atoms with van der Waals surface area (Å²) in [5, 5.41) is 0.0178. The Balaban J connectivity index is 2.45. The first-order chi connectivity index (χ1) is 7.07. The minimum absolute atomic E-state index is 0.0178. The smallest absolute Gasteiger partial charge is 0.145 e. The number of nitrogens with two attached hydrogens (primary N) is 1. The molecule has 4 heteroatoms. The molecule has 1 aliphatic rings. The van der Waals surface area contributed by atoms with Crippen LogP contribution in [0.15, 0.2) is 12.1 Å². The molecule has 0 atom stereocenters. The molecule has 2 rings (SSSR count). The highest BCUT2D eigenvalue weighted by Gasteiger charge is 2.35. The van der Waals surface area contributed by atoms with Gasteiger partial charge in [-0.1, -0.05) is 11.6 Å². The van der Waals surface area contributed by atoms with E-state index in [0.29, 0.717) is 5.75 Å². The predicted molar refractivity (Wildman–Crippen MR) is 57.7 cm³/mol. The Kier molecular flexibility index (Phi) is 2.61. The van der Waals surface area contributed by atoms with Gasteiger partial charge in [-0.15, -0.1) is 0 Å². The SMILES string of the molecule is COc1cc(C2(N)CCC2)cc(F)c1Cl. The van der Waals surface area contributed by atoms with Crippen molar-refractivity contribution in [3.05, 3.63) is 28.5 Å². The van der Waals surface area contributed by atoms with Crippen molar-refractivity contribution in [1.29, 1.82) is 0 Å². The number of ether oxygens (including phenoxy) is 1. The molecule has 1 aromatic rings. The highest BCUT2D eigenvalue weighted by atomic mass is 35.5. The summed E-state index contributed by atoms with van der Waals surface area (Å²) in [6.45, 7) is 0. The molecule has 0 saturated heterocycles. The van der Waals surface area contributed by atoms with Crippen LogP contribution in [0.5, 0.6) is 5.75 Å². The number of rotatable bonds is 2. The average molecular weight is 230 g/mol. The molecular weight excluding hydrogens is 217 g/mol. The van der Waals surface area contributed by atoms with Crippen LogP contribution in [0.1, 0.15) is 24.8 Å². The van der Waals surface area contributed by atoms with Crippen LogP contribution in [0.2, 0.25) is 5.02 Å². The lowest BCUT2D eigenvalue weighted by atomic mass is 9.73. The summed E-state index contributed by atoms with van der Waals surface area (Å²) in [4.78, 5) is 0. The first-order valence-corrected chi connectivity index (χ1v) is 5.27. The number of halogens is 2. The van der Waals surface area contributed by atoms with E-state index in [0.717, 1.165) is 24.8 Å². The second kappa shape index (κ2) is 3.65. The maximum Gasteiger partial charge on any atom is 0.145 e. The molecule has 0 aromatic heterocycles. The molecule has 0 spiro atoms. The number of benzene rings is 1. The zero-order valence-electron chi connectivity index (χ0n) is 8.52. The van der Waals surface area contributed by atoms with Crippen molar-refractivity contribution in [1.82, 2.24) is 0 Å². The molecule has 0 bridgehead atoms. The molecule has 1 saturated carbocycles. The summed E-state index contributed by atoms with van der Waals surface area (Å²) < 4.78 is 18.5. The Hall–Kier alpha value is -0.800. The first-order valence-electron chi connectivity index (χ1n) is 4.89. The van der Waals surface area contributed by atoms with Crippen molar-refractivity contribution in [3.8, 4) is 5.75 Å². The van der Waals surface area contributed by atoms with Crippen molar-refractivity contribution >= 4 is 11.6 Å². The maximum atomic E-state index is 13.4. The van der Waals surface area contributed by atoms with Gasteiger partial charge in [0, 0.05) is 5.54 Å². The molecular formula is C11H13ClFNO. The largest absolute Gasteiger partial charge is 0.495 e. The van der Waals surface area contributed by atoms with E-state index in [1.165, 1.54) is 13.2 Å². The van der Waals surface area contributed by atoms with Crippen LogP contribution in [0.3, 0.4) is 0 Å². The van der Waals surface area contributed by atoms with E-state index in [4.69, 9.17) is 22.1 Å². The predicted octanol–water partition coefficient (Wildman–Crippen LogP) is 2.83. The van der Waals surface area contributed by atoms with Gasteiger partial charge in [0.25, 0.3) is 0 Å². The molecule has 2 nitrogen and oxygen atoms in total. The lowest BCUT2D eigenvalue weighted by Crippen LogP contribution is -2.43. The summed E-state index contributed by atoms with van der Waals surface area (Å²) in [6.07, 6.45) is 2.86. The van der Waals surface area contributed by atoms with Crippen LogP contribution in [0, 0.1) is 5.82 Å². The quantitative estimate of drug-likeness (QED) is 0.847. The molecule has 0 heterocycles. The van der Waals surface area contributed by atoms with Gasteiger partial charge in [-0.3, -0.25) is 0 Å². The fourth-order valence-corrected chi connectivity index (χ4v) is 2.03. The number of hydrogen-bond acceptors (Lipinski definition) is 2. The average Bonchev–Trinajstić information content (AvgIpc) is 2.18. The maximum absolute atomic E-state index is 13.4. The molecule has 0 unspecified atom stereocenters. The number of hydrogen-bond donors (Lipinski definition) is 1. The van der Waals surface area contributed by atoms with E-state index in [2.05, 4.69) is 0 Å². The fourth-order valence-electron chi connectivity index (χ4n) is 1.85. The van der Waals surface area contributed by atoms with Gasteiger partial charge in [0.1, 0.15) is 16.6 Å². The van der Waals surface area contributed by atoms with Gasteiger partial charge in [-0.2, -0.15) is 0 Å². The normalized spacial score (nSPS) is 18.4. The van der Waals surface area contributed by atoms with Gasteiger partial charge in [-0.25, -0.2) is 4.39 Å². The Morgan fingerprint density at radius 3 is 2.60 bits per heavy atom. The first kappa shape index (κ1) is 10.7. The third kappa shape index (κ3) is 1.70. The zero-order chi connectivity index (χ0) is 11.1. The summed E-state index contributed by atoms with van der Waals surface area (Å²) in [6, 6.07) is 3.13. The van der Waals surface area contributed by atoms with Gasteiger partial charge < -0.3 is 10.5 Å². The van der Waals surface area contributed by atoms with Crippen LogP contribution < -0.4 is 10.5 Å². The lowest BCUT2D eigenvalue weighted by molar-refractivity contribution is 0.251. The Morgan fingerprint density at radius 2 is 2.13 bits per heavy atom. The fraction of sp³-hybridized carbons (Fsp3) is 0.455. The van der Waals surface area contributed by atoms with Crippen LogP contribution in [-0.4, -0.2) is 7.11 Å². The van der Waals surface area contributed by atoms with E-state index in [1.807, 2.05) is 0 Å². The van der Waals surface area contributed by atoms with E-state index in [1.54, 1.807) is 6.07 Å². The van der Waals surface area contributed by atoms with Gasteiger partial charge in [-0.05, 0) is 37.0 Å². The van der Waals surface area contributed by atoms with Gasteiger partial charge >= 0.3 is 0 Å². The lowest BCUT2D eigenvalue weighted by Gasteiger charge is -2.38. The van der Waals surface area contributed by atoms with Gasteiger partial charge in [0.2, 0.25) is 0 Å². The molecule has 0 aliphatic heterocycles. The van der Waals surface area contributed by atoms with Gasteiger partial charge in [0.15, 0.2) is 0 Å². The molecule has 82 valence electrons. The van der Waals surface area contributed by atoms with E-state index in [9.17, 15) is 4.39 Å². The zero-order valence-corrected chi connectivity index (χ0v) is 9.27. The molecule has 15 heavy (non-hydrogen) atoms. The Morgan fingerprint density at radius 1 is 1.47 bits per heavy atom. The van der Waals surface area contributed by atoms with Crippen molar-refractivity contribution in [2.45, 2.75) is 24.8 Å². The summed E-state index contributed by atoms with van der Waals surface area (Å²) in [5.41, 5.74) is 6.48. The van der Waals surface area contributed by atoms with Crippen molar-refractivity contribution in [2.75, 3.05) is 7.11 Å². The molecule has 2 N–H and O–H groups in total. The minimum Gasteiger partial charge on any atom is -0.495 e. The van der Waals surface area contributed by atoms with E-state index >= 15 is 0 Å². The Bertz CT molecular complexity index is 390. The van der Waals surface area contributed by atoms with Crippen molar-refractivity contribution in [2.24, 2.45) is 5.73 Å². The highest BCUT2D eigenvalue weighted by Crippen LogP contribution is 2.41. The summed E-state index contributed by atoms with van der Waals surface area (Å²) in [5.74, 6) is -0.119. The second-order valence-electron chi connectivity index (χ2n) is 3.98. The molecule has 0 amide bonds. The third-order valence-electron chi connectivity index (χ3n) is 3.04.